The first-order valence-electron chi connectivity index (χ1n) is 5.35. The Morgan fingerprint density at radius 1 is 1.23 bits per heavy atom. The van der Waals surface area contributed by atoms with Gasteiger partial charge in [-0.3, -0.25) is 0 Å². The highest BCUT2D eigenvalue weighted by molar-refractivity contribution is 7.99. The molecule has 2 saturated heterocycles. The van der Waals surface area contributed by atoms with E-state index >= 15 is 0 Å². The lowest BCUT2D eigenvalue weighted by molar-refractivity contribution is -0.00233. The summed E-state index contributed by atoms with van der Waals surface area (Å²) in [5.74, 6) is 2.36. The second-order valence-corrected chi connectivity index (χ2v) is 5.44. The van der Waals surface area contributed by atoms with Crippen LogP contribution in [0.1, 0.15) is 32.1 Å². The molecule has 2 N–H and O–H groups in total. The minimum atomic E-state index is -0.389. The van der Waals surface area contributed by atoms with Crippen molar-refractivity contribution < 1.29 is 5.11 Å². The van der Waals surface area contributed by atoms with Crippen LogP contribution in [0.5, 0.6) is 0 Å². The Labute approximate surface area is 84.5 Å². The van der Waals surface area contributed by atoms with Crippen LogP contribution in [0.4, 0.5) is 0 Å². The van der Waals surface area contributed by atoms with E-state index in [9.17, 15) is 5.11 Å². The van der Waals surface area contributed by atoms with Gasteiger partial charge in [0.15, 0.2) is 0 Å². The smallest absolute Gasteiger partial charge is 0.0808 e. The van der Waals surface area contributed by atoms with Crippen molar-refractivity contribution in [1.29, 1.82) is 0 Å². The molecule has 2 unspecified atom stereocenters. The van der Waals surface area contributed by atoms with E-state index in [2.05, 4.69) is 5.32 Å². The average molecular weight is 201 g/mol. The predicted molar refractivity (Wildman–Crippen MR) is 57.2 cm³/mol. The molecule has 2 aliphatic heterocycles. The van der Waals surface area contributed by atoms with Crippen molar-refractivity contribution in [2.75, 3.05) is 18.1 Å². The van der Waals surface area contributed by atoms with Gasteiger partial charge in [-0.15, -0.1) is 0 Å². The van der Waals surface area contributed by atoms with Gasteiger partial charge in [0, 0.05) is 6.04 Å². The summed E-state index contributed by atoms with van der Waals surface area (Å²) in [5, 5.41) is 13.9. The molecule has 0 saturated carbocycles. The summed E-state index contributed by atoms with van der Waals surface area (Å²) in [6.45, 7) is 1.10. The van der Waals surface area contributed by atoms with Gasteiger partial charge >= 0.3 is 0 Å². The molecule has 2 heterocycles. The van der Waals surface area contributed by atoms with Crippen LogP contribution in [-0.2, 0) is 0 Å². The summed E-state index contributed by atoms with van der Waals surface area (Å²) in [4.78, 5) is 0. The number of aliphatic hydroxyl groups is 1. The van der Waals surface area contributed by atoms with Gasteiger partial charge in [0.2, 0.25) is 0 Å². The van der Waals surface area contributed by atoms with Crippen LogP contribution >= 0.6 is 11.8 Å². The topological polar surface area (TPSA) is 32.3 Å². The number of nitrogens with one attached hydrogen (secondary N) is 1. The molecule has 0 aliphatic carbocycles. The molecule has 0 bridgehead atoms. The molecule has 76 valence electrons. The molecule has 2 atom stereocenters. The summed E-state index contributed by atoms with van der Waals surface area (Å²) in [6.07, 6.45) is 5.56. The van der Waals surface area contributed by atoms with Gasteiger partial charge in [-0.05, 0) is 50.2 Å². The Balaban J connectivity index is 1.98. The molecule has 0 aromatic carbocycles. The highest BCUT2D eigenvalue weighted by atomic mass is 32.2. The van der Waals surface area contributed by atoms with Crippen molar-refractivity contribution in [3.05, 3.63) is 0 Å². The lowest BCUT2D eigenvalue weighted by atomic mass is 9.86. The third-order valence-corrected chi connectivity index (χ3v) is 4.36. The van der Waals surface area contributed by atoms with Gasteiger partial charge in [0.25, 0.3) is 0 Å². The Morgan fingerprint density at radius 2 is 2.15 bits per heavy atom. The standard InChI is InChI=1S/C10H19NOS/c12-10(9-3-1-6-11-9)4-2-7-13-8-5-10/h9,11-12H,1-8H2. The summed E-state index contributed by atoms with van der Waals surface area (Å²) in [7, 11) is 0. The average Bonchev–Trinajstić information content (AvgIpc) is 2.57. The monoisotopic (exact) mass is 201 g/mol. The zero-order valence-electron chi connectivity index (χ0n) is 8.09. The van der Waals surface area contributed by atoms with Crippen molar-refractivity contribution in [3.63, 3.8) is 0 Å². The summed E-state index contributed by atoms with van der Waals surface area (Å²) < 4.78 is 0. The fourth-order valence-electron chi connectivity index (χ4n) is 2.45. The Hall–Kier alpha value is 0.270. The van der Waals surface area contributed by atoms with E-state index in [1.54, 1.807) is 0 Å². The van der Waals surface area contributed by atoms with Crippen LogP contribution in [0.25, 0.3) is 0 Å². The zero-order valence-corrected chi connectivity index (χ0v) is 8.91. The van der Waals surface area contributed by atoms with Crippen LogP contribution in [0.2, 0.25) is 0 Å². The van der Waals surface area contributed by atoms with E-state index in [4.69, 9.17) is 0 Å². The molecule has 0 aromatic rings. The maximum atomic E-state index is 10.5. The predicted octanol–water partition coefficient (Wildman–Crippen LogP) is 1.39. The summed E-state index contributed by atoms with van der Waals surface area (Å²) in [5.41, 5.74) is -0.389. The fraction of sp³-hybridized carbons (Fsp3) is 1.00. The van der Waals surface area contributed by atoms with Crippen LogP contribution in [-0.4, -0.2) is 34.8 Å². The molecule has 0 spiro atoms. The molecule has 0 amide bonds. The minimum Gasteiger partial charge on any atom is -0.388 e. The SMILES string of the molecule is OC1(C2CCCN2)CCCSCC1. The number of rotatable bonds is 1. The summed E-state index contributed by atoms with van der Waals surface area (Å²) in [6, 6.07) is 0.381. The third kappa shape index (κ3) is 2.20. The first-order valence-corrected chi connectivity index (χ1v) is 6.50. The molecule has 2 nitrogen and oxygen atoms in total. The highest BCUT2D eigenvalue weighted by Crippen LogP contribution is 2.32. The lowest BCUT2D eigenvalue weighted by Crippen LogP contribution is -2.47. The quantitative estimate of drug-likeness (QED) is 0.672. The number of thioether (sulfide) groups is 1. The second kappa shape index (κ2) is 4.20. The molecule has 13 heavy (non-hydrogen) atoms. The van der Waals surface area contributed by atoms with Gasteiger partial charge in [0.05, 0.1) is 5.60 Å². The second-order valence-electron chi connectivity index (χ2n) is 4.22. The first-order chi connectivity index (χ1) is 6.31. The van der Waals surface area contributed by atoms with Gasteiger partial charge < -0.3 is 10.4 Å². The molecular weight excluding hydrogens is 182 g/mol. The first kappa shape index (κ1) is 9.81. The van der Waals surface area contributed by atoms with Gasteiger partial charge in [0.1, 0.15) is 0 Å². The largest absolute Gasteiger partial charge is 0.388 e. The lowest BCUT2D eigenvalue weighted by Gasteiger charge is -2.33. The van der Waals surface area contributed by atoms with Crippen LogP contribution in [0.15, 0.2) is 0 Å². The molecule has 2 fully saturated rings. The van der Waals surface area contributed by atoms with E-state index in [1.807, 2.05) is 11.8 Å². The Kier molecular flexibility index (Phi) is 3.17. The minimum absolute atomic E-state index is 0.381. The normalized spacial score (nSPS) is 41.8. The maximum absolute atomic E-state index is 10.5. The highest BCUT2D eigenvalue weighted by Gasteiger charge is 2.38. The number of hydrogen-bond acceptors (Lipinski definition) is 3. The van der Waals surface area contributed by atoms with Crippen LogP contribution in [0, 0.1) is 0 Å². The fourth-order valence-corrected chi connectivity index (χ4v) is 3.50. The Bertz CT molecular complexity index is 160. The maximum Gasteiger partial charge on any atom is 0.0808 e. The van der Waals surface area contributed by atoms with Crippen molar-refractivity contribution in [3.8, 4) is 0 Å². The van der Waals surface area contributed by atoms with Gasteiger partial charge in [-0.1, -0.05) is 0 Å². The summed E-state index contributed by atoms with van der Waals surface area (Å²) >= 11 is 1.99. The molecular formula is C10H19NOS. The van der Waals surface area contributed by atoms with E-state index in [0.717, 1.165) is 25.1 Å². The van der Waals surface area contributed by atoms with Crippen molar-refractivity contribution >= 4 is 11.8 Å². The van der Waals surface area contributed by atoms with E-state index in [0.29, 0.717) is 6.04 Å². The molecule has 2 rings (SSSR count). The zero-order chi connectivity index (χ0) is 9.15. The molecule has 0 aromatic heterocycles. The van der Waals surface area contributed by atoms with Crippen LogP contribution in [0.3, 0.4) is 0 Å². The molecule has 3 heteroatoms. The van der Waals surface area contributed by atoms with Crippen molar-refractivity contribution in [1.82, 2.24) is 5.32 Å². The number of hydrogen-bond donors (Lipinski definition) is 2. The van der Waals surface area contributed by atoms with Gasteiger partial charge in [-0.2, -0.15) is 11.8 Å². The van der Waals surface area contributed by atoms with Crippen molar-refractivity contribution in [2.24, 2.45) is 0 Å². The Morgan fingerprint density at radius 3 is 2.92 bits per heavy atom. The molecule has 0 radical (unpaired) electrons. The van der Waals surface area contributed by atoms with Gasteiger partial charge in [-0.25, -0.2) is 0 Å². The molecule has 2 aliphatic rings. The van der Waals surface area contributed by atoms with E-state index in [-0.39, 0.29) is 5.60 Å². The third-order valence-electron chi connectivity index (χ3n) is 3.29. The van der Waals surface area contributed by atoms with E-state index in [1.165, 1.54) is 25.0 Å². The van der Waals surface area contributed by atoms with Crippen LogP contribution < -0.4 is 5.32 Å². The van der Waals surface area contributed by atoms with E-state index < -0.39 is 0 Å². The van der Waals surface area contributed by atoms with Crippen molar-refractivity contribution in [2.45, 2.75) is 43.7 Å².